The number of aliphatic hydroxyl groups is 3. The Labute approximate surface area is 151 Å². The number of aliphatic hydroxyl groups excluding tert-OH is 3. The van der Waals surface area contributed by atoms with Crippen molar-refractivity contribution in [1.82, 2.24) is 16.0 Å². The predicted octanol–water partition coefficient (Wildman–Crippen LogP) is -2.46. The Morgan fingerprint density at radius 1 is 0.846 bits per heavy atom. The van der Waals surface area contributed by atoms with Crippen LogP contribution in [0.2, 0.25) is 0 Å². The molecule has 0 unspecified atom stereocenters. The lowest BCUT2D eigenvalue weighted by molar-refractivity contribution is -0.117. The number of amides is 2. The van der Waals surface area contributed by atoms with E-state index in [4.69, 9.17) is 15.3 Å². The second-order valence-corrected chi connectivity index (χ2v) is 5.42. The van der Waals surface area contributed by atoms with E-state index in [0.29, 0.717) is 5.57 Å². The molecular weight excluding hydrogens is 342 g/mol. The summed E-state index contributed by atoms with van der Waals surface area (Å²) >= 11 is 0. The molecule has 9 nitrogen and oxygen atoms in total. The largest absolute Gasteiger partial charge is 0.395 e. The fraction of sp³-hybridized carbons (Fsp3) is 0.471. The van der Waals surface area contributed by atoms with Crippen molar-refractivity contribution in [3.8, 4) is 0 Å². The van der Waals surface area contributed by atoms with Crippen molar-refractivity contribution in [2.24, 2.45) is 0 Å². The van der Waals surface area contributed by atoms with Gasteiger partial charge in [-0.1, -0.05) is 6.08 Å². The average Bonchev–Trinajstić information content (AvgIpc) is 2.87. The fourth-order valence-corrected chi connectivity index (χ4v) is 2.16. The highest BCUT2D eigenvalue weighted by molar-refractivity contribution is 6.06. The lowest BCUT2D eigenvalue weighted by Gasteiger charge is -2.07. The van der Waals surface area contributed by atoms with Gasteiger partial charge in [0.2, 0.25) is 0 Å². The van der Waals surface area contributed by atoms with Gasteiger partial charge in [-0.2, -0.15) is 0 Å². The van der Waals surface area contributed by atoms with Crippen LogP contribution in [0.15, 0.2) is 34.9 Å². The molecule has 0 aromatic carbocycles. The molecule has 144 valence electrons. The first-order chi connectivity index (χ1) is 12.5. The molecule has 6 N–H and O–H groups in total. The highest BCUT2D eigenvalue weighted by Crippen LogP contribution is 2.18. The molecule has 0 fully saturated rings. The minimum Gasteiger partial charge on any atom is -0.395 e. The highest BCUT2D eigenvalue weighted by atomic mass is 16.3. The Balaban J connectivity index is 3.01. The third-order valence-electron chi connectivity index (χ3n) is 3.43. The number of allylic oxidation sites excluding steroid dienone is 1. The Morgan fingerprint density at radius 3 is 2.00 bits per heavy atom. The number of nitrogens with one attached hydrogen (secondary N) is 3. The van der Waals surface area contributed by atoms with Gasteiger partial charge in [-0.05, 0) is 18.6 Å². The number of ketones is 1. The summed E-state index contributed by atoms with van der Waals surface area (Å²) in [6.07, 6.45) is 4.48. The van der Waals surface area contributed by atoms with Crippen molar-refractivity contribution in [3.63, 3.8) is 0 Å². The highest BCUT2D eigenvalue weighted by Gasteiger charge is 2.18. The van der Waals surface area contributed by atoms with Crippen LogP contribution in [0.4, 0.5) is 0 Å². The summed E-state index contributed by atoms with van der Waals surface area (Å²) in [5.74, 6) is -1.24. The van der Waals surface area contributed by atoms with Gasteiger partial charge in [0.1, 0.15) is 0 Å². The molecule has 0 atom stereocenters. The maximum atomic E-state index is 12.3. The zero-order valence-corrected chi connectivity index (χ0v) is 14.5. The molecule has 1 rings (SSSR count). The maximum absolute atomic E-state index is 12.3. The van der Waals surface area contributed by atoms with Crippen LogP contribution in [0, 0.1) is 0 Å². The van der Waals surface area contributed by atoms with Gasteiger partial charge in [0.15, 0.2) is 5.78 Å². The number of hydrogen-bond acceptors (Lipinski definition) is 7. The molecule has 0 saturated heterocycles. The fourth-order valence-electron chi connectivity index (χ4n) is 2.16. The van der Waals surface area contributed by atoms with Crippen LogP contribution in [-0.2, 0) is 14.4 Å². The van der Waals surface area contributed by atoms with Crippen LogP contribution in [0.25, 0.3) is 0 Å². The van der Waals surface area contributed by atoms with Crippen LogP contribution in [0.1, 0.15) is 6.42 Å². The minimum absolute atomic E-state index is 0.00217. The van der Waals surface area contributed by atoms with Crippen molar-refractivity contribution < 1.29 is 29.7 Å². The monoisotopic (exact) mass is 367 g/mol. The average molecular weight is 367 g/mol. The summed E-state index contributed by atoms with van der Waals surface area (Å²) in [5, 5.41) is 34.2. The molecule has 26 heavy (non-hydrogen) atoms. The molecule has 0 aromatic rings. The summed E-state index contributed by atoms with van der Waals surface area (Å²) in [6, 6.07) is 0. The minimum atomic E-state index is -0.518. The van der Waals surface area contributed by atoms with E-state index < -0.39 is 11.8 Å². The molecule has 0 bridgehead atoms. The number of carbonyl (C=O) groups is 3. The van der Waals surface area contributed by atoms with Gasteiger partial charge in [-0.15, -0.1) is 0 Å². The normalized spacial score (nSPS) is 13.9. The predicted molar refractivity (Wildman–Crippen MR) is 94.0 cm³/mol. The van der Waals surface area contributed by atoms with E-state index in [2.05, 4.69) is 16.0 Å². The van der Waals surface area contributed by atoms with Crippen LogP contribution in [0.5, 0.6) is 0 Å². The van der Waals surface area contributed by atoms with E-state index in [1.54, 1.807) is 0 Å². The van der Waals surface area contributed by atoms with Crippen molar-refractivity contribution in [2.45, 2.75) is 6.42 Å². The molecule has 9 heteroatoms. The zero-order chi connectivity index (χ0) is 19.4. The standard InChI is InChI=1S/C17H25N3O6/c21-6-3-18-11-15(24)12-1-2-13(16(25)19-4-7-22)10-14(9-12)17(26)20-5-8-23/h2,9-10,18,21-23H,1,3-8,11H2,(H,19,25)(H,20,26). The molecule has 0 radical (unpaired) electrons. The number of hydrogen-bond donors (Lipinski definition) is 6. The van der Waals surface area contributed by atoms with Gasteiger partial charge in [0, 0.05) is 36.4 Å². The van der Waals surface area contributed by atoms with E-state index in [1.165, 1.54) is 18.2 Å². The van der Waals surface area contributed by atoms with Gasteiger partial charge >= 0.3 is 0 Å². The van der Waals surface area contributed by atoms with E-state index in [9.17, 15) is 14.4 Å². The molecule has 0 heterocycles. The molecule has 1 aliphatic carbocycles. The third-order valence-corrected chi connectivity index (χ3v) is 3.43. The molecule has 0 aromatic heterocycles. The summed E-state index contributed by atoms with van der Waals surface area (Å²) in [7, 11) is 0. The van der Waals surface area contributed by atoms with E-state index in [0.717, 1.165) is 0 Å². The number of carbonyl (C=O) groups excluding carboxylic acids is 3. The van der Waals surface area contributed by atoms with Gasteiger partial charge in [0.05, 0.1) is 26.4 Å². The third kappa shape index (κ3) is 7.28. The second-order valence-electron chi connectivity index (χ2n) is 5.42. The summed E-state index contributed by atoms with van der Waals surface area (Å²) in [5.41, 5.74) is 0.660. The molecule has 2 amide bonds. The SMILES string of the molecule is O=C(CNCCO)C1=CC(C(=O)NCCO)=CC(C(=O)NCCO)=CC1. The Kier molecular flexibility index (Phi) is 10.1. The Morgan fingerprint density at radius 2 is 1.42 bits per heavy atom. The van der Waals surface area contributed by atoms with Crippen molar-refractivity contribution in [1.29, 1.82) is 0 Å². The van der Waals surface area contributed by atoms with Crippen molar-refractivity contribution >= 4 is 17.6 Å². The van der Waals surface area contributed by atoms with Crippen LogP contribution in [0.3, 0.4) is 0 Å². The molecule has 0 saturated carbocycles. The van der Waals surface area contributed by atoms with E-state index in [1.807, 2.05) is 0 Å². The van der Waals surface area contributed by atoms with Crippen molar-refractivity contribution in [2.75, 3.05) is 46.0 Å². The van der Waals surface area contributed by atoms with E-state index >= 15 is 0 Å². The maximum Gasteiger partial charge on any atom is 0.251 e. The lowest BCUT2D eigenvalue weighted by Crippen LogP contribution is -2.29. The first kappa shape index (κ1) is 21.7. The molecule has 0 spiro atoms. The van der Waals surface area contributed by atoms with Crippen LogP contribution >= 0.6 is 0 Å². The van der Waals surface area contributed by atoms with Gasteiger partial charge in [-0.3, -0.25) is 14.4 Å². The van der Waals surface area contributed by atoms with Crippen LogP contribution < -0.4 is 16.0 Å². The first-order valence-corrected chi connectivity index (χ1v) is 8.28. The molecule has 1 aliphatic rings. The number of Topliss-reactive ketones (excluding diaryl/α,β-unsaturated/α-hetero) is 1. The quantitative estimate of drug-likeness (QED) is 0.222. The topological polar surface area (TPSA) is 148 Å². The van der Waals surface area contributed by atoms with Gasteiger partial charge in [-0.25, -0.2) is 0 Å². The van der Waals surface area contributed by atoms with Gasteiger partial charge in [0.25, 0.3) is 11.8 Å². The molecular formula is C17H25N3O6. The summed E-state index contributed by atoms with van der Waals surface area (Å²) in [4.78, 5) is 36.6. The van der Waals surface area contributed by atoms with Crippen LogP contribution in [-0.4, -0.2) is 78.9 Å². The van der Waals surface area contributed by atoms with Gasteiger partial charge < -0.3 is 31.3 Å². The van der Waals surface area contributed by atoms with Crippen molar-refractivity contribution in [3.05, 3.63) is 34.9 Å². The smallest absolute Gasteiger partial charge is 0.251 e. The summed E-state index contributed by atoms with van der Waals surface area (Å²) in [6.45, 7) is -0.177. The number of rotatable bonds is 11. The Bertz CT molecular complexity index is 610. The first-order valence-electron chi connectivity index (χ1n) is 8.28. The zero-order valence-electron chi connectivity index (χ0n) is 14.5. The molecule has 0 aliphatic heterocycles. The Hall–Kier alpha value is -2.33. The second kappa shape index (κ2) is 12.1. The lowest BCUT2D eigenvalue weighted by atomic mass is 10.1. The summed E-state index contributed by atoms with van der Waals surface area (Å²) < 4.78 is 0. The van der Waals surface area contributed by atoms with E-state index in [-0.39, 0.29) is 69.3 Å².